The number of aryl methyl sites for hydroxylation is 1. The van der Waals surface area contributed by atoms with Gasteiger partial charge in [0.1, 0.15) is 23.7 Å². The number of methoxy groups -OCH3 is 1. The summed E-state index contributed by atoms with van der Waals surface area (Å²) < 4.78 is 12.7. The Morgan fingerprint density at radius 3 is 3.04 bits per heavy atom. The van der Waals surface area contributed by atoms with Crippen molar-refractivity contribution < 1.29 is 14.3 Å². The number of benzene rings is 1. The van der Waals surface area contributed by atoms with Crippen molar-refractivity contribution in [1.29, 1.82) is 0 Å². The lowest BCUT2D eigenvalue weighted by molar-refractivity contribution is -0.130. The van der Waals surface area contributed by atoms with E-state index in [9.17, 15) is 4.79 Å². The Balaban J connectivity index is 1.90. The highest BCUT2D eigenvalue weighted by atomic mass is 16.5. The maximum Gasteiger partial charge on any atom is 0.249 e. The van der Waals surface area contributed by atoms with Crippen molar-refractivity contribution in [3.05, 3.63) is 48.0 Å². The molecule has 0 saturated carbocycles. The Morgan fingerprint density at radius 1 is 1.52 bits per heavy atom. The maximum atomic E-state index is 12.5. The van der Waals surface area contributed by atoms with Crippen LogP contribution in [0.4, 0.5) is 0 Å². The van der Waals surface area contributed by atoms with Gasteiger partial charge in [0.2, 0.25) is 5.91 Å². The third kappa shape index (κ3) is 3.37. The van der Waals surface area contributed by atoms with Crippen molar-refractivity contribution in [2.75, 3.05) is 13.7 Å². The summed E-state index contributed by atoms with van der Waals surface area (Å²) in [6.07, 6.45) is 4.89. The highest BCUT2D eigenvalue weighted by Crippen LogP contribution is 2.25. The van der Waals surface area contributed by atoms with E-state index in [1.807, 2.05) is 42.1 Å². The summed E-state index contributed by atoms with van der Waals surface area (Å²) in [7, 11) is 3.54. The van der Waals surface area contributed by atoms with E-state index in [1.54, 1.807) is 13.3 Å². The van der Waals surface area contributed by atoms with Crippen molar-refractivity contribution in [3.8, 4) is 5.75 Å². The lowest BCUT2D eigenvalue weighted by atomic mass is 10.0. The van der Waals surface area contributed by atoms with E-state index < -0.39 is 0 Å². The van der Waals surface area contributed by atoms with Crippen molar-refractivity contribution in [2.45, 2.75) is 25.0 Å². The molecule has 0 spiro atoms. The first-order valence-electron chi connectivity index (χ1n) is 7.72. The number of rotatable bonds is 5. The molecule has 0 bridgehead atoms. The Labute approximate surface area is 135 Å². The van der Waals surface area contributed by atoms with Crippen LogP contribution in [-0.2, 0) is 16.6 Å². The van der Waals surface area contributed by atoms with E-state index in [1.165, 1.54) is 0 Å². The van der Waals surface area contributed by atoms with Crippen molar-refractivity contribution in [3.63, 3.8) is 0 Å². The van der Waals surface area contributed by atoms with Gasteiger partial charge >= 0.3 is 0 Å². The lowest BCUT2D eigenvalue weighted by Gasteiger charge is -2.21. The van der Waals surface area contributed by atoms with Crippen LogP contribution in [0.15, 0.2) is 36.7 Å². The largest absolute Gasteiger partial charge is 0.497 e. The van der Waals surface area contributed by atoms with E-state index in [0.717, 1.165) is 30.0 Å². The predicted octanol–water partition coefficient (Wildman–Crippen LogP) is 1.81. The molecule has 1 saturated heterocycles. The molecule has 0 radical (unpaired) electrons. The second kappa shape index (κ2) is 6.83. The van der Waals surface area contributed by atoms with Gasteiger partial charge in [-0.2, -0.15) is 0 Å². The van der Waals surface area contributed by atoms with Gasteiger partial charge in [-0.15, -0.1) is 0 Å². The van der Waals surface area contributed by atoms with E-state index in [4.69, 9.17) is 9.47 Å². The summed E-state index contributed by atoms with van der Waals surface area (Å²) in [6, 6.07) is 7.30. The number of ether oxygens (including phenoxy) is 2. The van der Waals surface area contributed by atoms with E-state index in [2.05, 4.69) is 10.3 Å². The summed E-state index contributed by atoms with van der Waals surface area (Å²) in [5.74, 6) is 1.41. The van der Waals surface area contributed by atoms with Crippen molar-refractivity contribution in [2.24, 2.45) is 7.05 Å². The monoisotopic (exact) mass is 315 g/mol. The predicted molar refractivity (Wildman–Crippen MR) is 85.2 cm³/mol. The van der Waals surface area contributed by atoms with Crippen LogP contribution >= 0.6 is 0 Å². The topological polar surface area (TPSA) is 65.4 Å². The van der Waals surface area contributed by atoms with E-state index in [0.29, 0.717) is 6.61 Å². The fourth-order valence-corrected chi connectivity index (χ4v) is 2.79. The van der Waals surface area contributed by atoms with Gasteiger partial charge in [-0.3, -0.25) is 4.79 Å². The first kappa shape index (κ1) is 15.6. The van der Waals surface area contributed by atoms with Crippen LogP contribution in [0.3, 0.4) is 0 Å². The number of amides is 1. The van der Waals surface area contributed by atoms with Crippen LogP contribution in [-0.4, -0.2) is 35.3 Å². The number of aromatic nitrogens is 2. The zero-order valence-corrected chi connectivity index (χ0v) is 13.4. The lowest BCUT2D eigenvalue weighted by Crippen LogP contribution is -2.38. The van der Waals surface area contributed by atoms with Crippen LogP contribution < -0.4 is 10.1 Å². The molecule has 3 rings (SSSR count). The third-order valence-electron chi connectivity index (χ3n) is 4.05. The van der Waals surface area contributed by atoms with Crippen LogP contribution in [0.1, 0.15) is 30.3 Å². The van der Waals surface area contributed by atoms with Crippen LogP contribution in [0.2, 0.25) is 0 Å². The standard InChI is InChI=1S/C17H21N3O3/c1-20-9-8-18-16(20)15(12-5-3-6-13(11-12)22-2)19-17(21)14-7-4-10-23-14/h3,5-6,8-9,11,14-15H,4,7,10H2,1-2H3,(H,19,21)/t14-,15-/m0/s1. The van der Waals surface area contributed by atoms with Gasteiger partial charge in [0.25, 0.3) is 0 Å². The number of hydrogen-bond acceptors (Lipinski definition) is 4. The average molecular weight is 315 g/mol. The fourth-order valence-electron chi connectivity index (χ4n) is 2.79. The molecule has 1 aromatic heterocycles. The quantitative estimate of drug-likeness (QED) is 0.914. The second-order valence-corrected chi connectivity index (χ2v) is 5.62. The highest BCUT2D eigenvalue weighted by Gasteiger charge is 2.28. The molecule has 6 heteroatoms. The Kier molecular flexibility index (Phi) is 4.62. The number of hydrogen-bond donors (Lipinski definition) is 1. The minimum Gasteiger partial charge on any atom is -0.497 e. The van der Waals surface area contributed by atoms with Gasteiger partial charge in [-0.05, 0) is 30.5 Å². The van der Waals surface area contributed by atoms with Crippen molar-refractivity contribution >= 4 is 5.91 Å². The zero-order valence-electron chi connectivity index (χ0n) is 13.4. The number of carbonyl (C=O) groups excluding carboxylic acids is 1. The van der Waals surface area contributed by atoms with Crippen LogP contribution in [0.5, 0.6) is 5.75 Å². The molecule has 1 aliphatic heterocycles. The average Bonchev–Trinajstić information content (AvgIpc) is 3.24. The summed E-state index contributed by atoms with van der Waals surface area (Å²) in [5.41, 5.74) is 0.921. The molecule has 2 aromatic rings. The Hall–Kier alpha value is -2.34. The SMILES string of the molecule is COc1cccc([C@H](NC(=O)[C@@H]2CCCO2)c2nccn2C)c1. The van der Waals surface area contributed by atoms with Gasteiger partial charge in [0, 0.05) is 26.0 Å². The van der Waals surface area contributed by atoms with E-state index in [-0.39, 0.29) is 18.1 Å². The minimum absolute atomic E-state index is 0.0988. The van der Waals surface area contributed by atoms with Crippen LogP contribution in [0, 0.1) is 0 Å². The number of nitrogens with one attached hydrogen (secondary N) is 1. The molecule has 23 heavy (non-hydrogen) atoms. The molecule has 0 unspecified atom stereocenters. The molecular formula is C17H21N3O3. The van der Waals surface area contributed by atoms with Gasteiger partial charge < -0.3 is 19.4 Å². The highest BCUT2D eigenvalue weighted by molar-refractivity contribution is 5.81. The molecule has 2 heterocycles. The summed E-state index contributed by atoms with van der Waals surface area (Å²) in [5, 5.41) is 3.07. The zero-order chi connectivity index (χ0) is 16.2. The molecule has 1 aliphatic rings. The maximum absolute atomic E-state index is 12.5. The van der Waals surface area contributed by atoms with Gasteiger partial charge in [0.05, 0.1) is 7.11 Å². The molecule has 1 amide bonds. The molecule has 1 fully saturated rings. The molecule has 6 nitrogen and oxygen atoms in total. The number of nitrogens with zero attached hydrogens (tertiary/aromatic N) is 2. The molecule has 1 aromatic carbocycles. The number of imidazole rings is 1. The molecule has 1 N–H and O–H groups in total. The summed E-state index contributed by atoms with van der Waals surface area (Å²) in [4.78, 5) is 16.9. The third-order valence-corrected chi connectivity index (χ3v) is 4.05. The smallest absolute Gasteiger partial charge is 0.249 e. The fraction of sp³-hybridized carbons (Fsp3) is 0.412. The first-order valence-corrected chi connectivity index (χ1v) is 7.72. The molecule has 2 atom stereocenters. The molecular weight excluding hydrogens is 294 g/mol. The first-order chi connectivity index (χ1) is 11.2. The van der Waals surface area contributed by atoms with Crippen molar-refractivity contribution in [1.82, 2.24) is 14.9 Å². The number of carbonyl (C=O) groups is 1. The summed E-state index contributed by atoms with van der Waals surface area (Å²) >= 11 is 0. The molecule has 0 aliphatic carbocycles. The second-order valence-electron chi connectivity index (χ2n) is 5.62. The van der Waals surface area contributed by atoms with E-state index >= 15 is 0 Å². The Bertz CT molecular complexity index is 677. The van der Waals surface area contributed by atoms with Gasteiger partial charge in [-0.25, -0.2) is 4.98 Å². The normalized spacial score (nSPS) is 18.6. The summed E-state index contributed by atoms with van der Waals surface area (Å²) in [6.45, 7) is 0.643. The minimum atomic E-state index is -0.372. The van der Waals surface area contributed by atoms with Crippen LogP contribution in [0.25, 0.3) is 0 Å². The van der Waals surface area contributed by atoms with Gasteiger partial charge in [-0.1, -0.05) is 12.1 Å². The molecule has 122 valence electrons. The Morgan fingerprint density at radius 2 is 2.39 bits per heavy atom. The van der Waals surface area contributed by atoms with Gasteiger partial charge in [0.15, 0.2) is 0 Å².